The Labute approximate surface area is 153 Å². The Balaban J connectivity index is 1.65. The molecule has 0 bridgehead atoms. The number of benzene rings is 1. The number of hydrogen-bond acceptors (Lipinski definition) is 6. The smallest absolute Gasteiger partial charge is 0.336 e. The van der Waals surface area contributed by atoms with Crippen molar-refractivity contribution in [2.75, 3.05) is 0 Å². The van der Waals surface area contributed by atoms with Crippen LogP contribution in [0.5, 0.6) is 0 Å². The zero-order valence-corrected chi connectivity index (χ0v) is 15.5. The van der Waals surface area contributed by atoms with Crippen molar-refractivity contribution in [3.63, 3.8) is 0 Å². The van der Waals surface area contributed by atoms with Gasteiger partial charge in [0, 0.05) is 24.3 Å². The molecule has 0 aliphatic rings. The normalized spacial score (nSPS) is 11.3. The first-order chi connectivity index (χ1) is 12.5. The van der Waals surface area contributed by atoms with Gasteiger partial charge in [0.2, 0.25) is 0 Å². The number of rotatable bonds is 4. The van der Waals surface area contributed by atoms with Gasteiger partial charge in [0.25, 0.3) is 0 Å². The van der Waals surface area contributed by atoms with Crippen molar-refractivity contribution < 1.29 is 8.83 Å². The number of furan rings is 1. The number of thioether (sulfide) groups is 1. The van der Waals surface area contributed by atoms with Gasteiger partial charge < -0.3 is 13.4 Å². The summed E-state index contributed by atoms with van der Waals surface area (Å²) < 4.78 is 12.6. The highest BCUT2D eigenvalue weighted by Crippen LogP contribution is 2.29. The van der Waals surface area contributed by atoms with E-state index in [0.29, 0.717) is 11.3 Å². The highest BCUT2D eigenvalue weighted by atomic mass is 32.2. The molecule has 0 saturated carbocycles. The fourth-order valence-corrected chi connectivity index (χ4v) is 3.79. The summed E-state index contributed by atoms with van der Waals surface area (Å²) in [6.07, 6.45) is 1.64. The summed E-state index contributed by atoms with van der Waals surface area (Å²) in [5, 5.41) is 10.3. The molecule has 4 rings (SSSR count). The Morgan fingerprint density at radius 3 is 2.77 bits per heavy atom. The van der Waals surface area contributed by atoms with E-state index in [2.05, 4.69) is 10.2 Å². The predicted octanol–water partition coefficient (Wildman–Crippen LogP) is 4.09. The van der Waals surface area contributed by atoms with Crippen LogP contribution in [0.3, 0.4) is 0 Å². The third-order valence-corrected chi connectivity index (χ3v) is 5.35. The highest BCUT2D eigenvalue weighted by Gasteiger charge is 2.15. The van der Waals surface area contributed by atoms with Crippen LogP contribution in [0.15, 0.2) is 55.4 Å². The Morgan fingerprint density at radius 2 is 2.00 bits per heavy atom. The molecule has 0 aliphatic carbocycles. The largest absolute Gasteiger partial charge is 0.469 e. The van der Waals surface area contributed by atoms with Gasteiger partial charge in [0.15, 0.2) is 11.0 Å². The Hall–Kier alpha value is -2.80. The molecule has 0 saturated heterocycles. The van der Waals surface area contributed by atoms with Crippen LogP contribution in [-0.4, -0.2) is 14.8 Å². The van der Waals surface area contributed by atoms with Gasteiger partial charge in [-0.1, -0.05) is 23.9 Å². The maximum Gasteiger partial charge on any atom is 0.336 e. The standard InChI is InChI=1S/C19H17N3O3S/c1-11-4-5-15-13(9-17(23)25-16(15)8-11)10-26-19-21-20-18(22(19)3)14-6-7-24-12(14)2/h4-9H,10H2,1-3H3. The summed E-state index contributed by atoms with van der Waals surface area (Å²) in [6, 6.07) is 9.31. The van der Waals surface area contributed by atoms with Crippen molar-refractivity contribution in [2.24, 2.45) is 7.05 Å². The van der Waals surface area contributed by atoms with Crippen LogP contribution in [0.1, 0.15) is 16.9 Å². The van der Waals surface area contributed by atoms with E-state index in [1.165, 1.54) is 11.8 Å². The molecule has 0 N–H and O–H groups in total. The molecule has 0 amide bonds. The summed E-state index contributed by atoms with van der Waals surface area (Å²) in [5.74, 6) is 2.16. The van der Waals surface area contributed by atoms with E-state index in [-0.39, 0.29) is 5.63 Å². The lowest BCUT2D eigenvalue weighted by Crippen LogP contribution is -2.01. The molecule has 4 aromatic rings. The van der Waals surface area contributed by atoms with Crippen molar-refractivity contribution in [3.05, 3.63) is 63.9 Å². The van der Waals surface area contributed by atoms with Crippen LogP contribution < -0.4 is 5.63 Å². The Morgan fingerprint density at radius 1 is 1.15 bits per heavy atom. The average Bonchev–Trinajstić information content (AvgIpc) is 3.17. The van der Waals surface area contributed by atoms with Gasteiger partial charge in [-0.05, 0) is 37.1 Å². The predicted molar refractivity (Wildman–Crippen MR) is 100 cm³/mol. The molecule has 132 valence electrons. The van der Waals surface area contributed by atoms with Crippen molar-refractivity contribution >= 4 is 22.7 Å². The van der Waals surface area contributed by atoms with Crippen molar-refractivity contribution in [2.45, 2.75) is 24.8 Å². The monoisotopic (exact) mass is 367 g/mol. The van der Waals surface area contributed by atoms with E-state index in [9.17, 15) is 4.79 Å². The first-order valence-corrected chi connectivity index (χ1v) is 9.11. The lowest BCUT2D eigenvalue weighted by molar-refractivity contribution is 0.534. The second-order valence-electron chi connectivity index (χ2n) is 6.13. The Kier molecular flexibility index (Phi) is 4.16. The lowest BCUT2D eigenvalue weighted by atomic mass is 10.1. The van der Waals surface area contributed by atoms with Gasteiger partial charge in [-0.3, -0.25) is 0 Å². The summed E-state index contributed by atoms with van der Waals surface area (Å²) in [6.45, 7) is 3.87. The number of aryl methyl sites for hydroxylation is 2. The van der Waals surface area contributed by atoms with Gasteiger partial charge in [-0.25, -0.2) is 4.79 Å². The fraction of sp³-hybridized carbons (Fsp3) is 0.211. The molecular formula is C19H17N3O3S. The van der Waals surface area contributed by atoms with E-state index >= 15 is 0 Å². The minimum absolute atomic E-state index is 0.341. The Bertz CT molecular complexity index is 1160. The van der Waals surface area contributed by atoms with Crippen molar-refractivity contribution in [1.29, 1.82) is 0 Å². The molecule has 3 aromatic heterocycles. The lowest BCUT2D eigenvalue weighted by Gasteiger charge is -2.06. The maximum absolute atomic E-state index is 11.9. The van der Waals surface area contributed by atoms with E-state index in [1.807, 2.05) is 49.7 Å². The zero-order valence-electron chi connectivity index (χ0n) is 14.6. The minimum atomic E-state index is -0.341. The molecule has 0 aliphatic heterocycles. The van der Waals surface area contributed by atoms with Crippen LogP contribution in [0.25, 0.3) is 22.4 Å². The van der Waals surface area contributed by atoms with Crippen LogP contribution in [0, 0.1) is 13.8 Å². The molecule has 0 spiro atoms. The topological polar surface area (TPSA) is 74.1 Å². The molecular weight excluding hydrogens is 350 g/mol. The minimum Gasteiger partial charge on any atom is -0.469 e. The number of nitrogens with zero attached hydrogens (tertiary/aromatic N) is 3. The van der Waals surface area contributed by atoms with E-state index in [1.54, 1.807) is 12.3 Å². The molecule has 0 unspecified atom stereocenters. The molecule has 26 heavy (non-hydrogen) atoms. The average molecular weight is 367 g/mol. The number of fused-ring (bicyclic) bond motifs is 1. The summed E-state index contributed by atoms with van der Waals surface area (Å²) in [4.78, 5) is 11.9. The van der Waals surface area contributed by atoms with Gasteiger partial charge >= 0.3 is 5.63 Å². The summed E-state index contributed by atoms with van der Waals surface area (Å²) in [5.41, 5.74) is 3.17. The van der Waals surface area contributed by atoms with Crippen LogP contribution in [0.2, 0.25) is 0 Å². The van der Waals surface area contributed by atoms with Gasteiger partial charge in [-0.2, -0.15) is 0 Å². The van der Waals surface area contributed by atoms with Crippen molar-refractivity contribution in [1.82, 2.24) is 14.8 Å². The first kappa shape index (κ1) is 16.7. The van der Waals surface area contributed by atoms with Crippen LogP contribution in [-0.2, 0) is 12.8 Å². The quantitative estimate of drug-likeness (QED) is 0.399. The zero-order chi connectivity index (χ0) is 18.3. The molecule has 7 heteroatoms. The summed E-state index contributed by atoms with van der Waals surface area (Å²) >= 11 is 1.53. The number of aromatic nitrogens is 3. The molecule has 0 radical (unpaired) electrons. The van der Waals surface area contributed by atoms with E-state index in [0.717, 1.165) is 38.8 Å². The van der Waals surface area contributed by atoms with E-state index in [4.69, 9.17) is 8.83 Å². The SMILES string of the molecule is Cc1ccc2c(CSc3nnc(-c4ccoc4C)n3C)cc(=O)oc2c1. The van der Waals surface area contributed by atoms with Gasteiger partial charge in [0.05, 0.1) is 11.8 Å². The molecule has 3 heterocycles. The second kappa shape index (κ2) is 6.49. The third kappa shape index (κ3) is 2.94. The maximum atomic E-state index is 11.9. The van der Waals surface area contributed by atoms with Crippen molar-refractivity contribution in [3.8, 4) is 11.4 Å². The van der Waals surface area contributed by atoms with E-state index < -0.39 is 0 Å². The number of hydrogen-bond donors (Lipinski definition) is 0. The summed E-state index contributed by atoms with van der Waals surface area (Å²) in [7, 11) is 1.92. The molecule has 6 nitrogen and oxygen atoms in total. The fourth-order valence-electron chi connectivity index (χ4n) is 2.89. The van der Waals surface area contributed by atoms with Crippen LogP contribution in [0.4, 0.5) is 0 Å². The molecule has 0 atom stereocenters. The second-order valence-corrected chi connectivity index (χ2v) is 7.08. The van der Waals surface area contributed by atoms with Gasteiger partial charge in [0.1, 0.15) is 11.3 Å². The molecule has 1 aromatic carbocycles. The van der Waals surface area contributed by atoms with Crippen LogP contribution >= 0.6 is 11.8 Å². The third-order valence-electron chi connectivity index (χ3n) is 4.28. The first-order valence-electron chi connectivity index (χ1n) is 8.13. The molecule has 0 fully saturated rings. The van der Waals surface area contributed by atoms with Gasteiger partial charge in [-0.15, -0.1) is 10.2 Å². The highest BCUT2D eigenvalue weighted by molar-refractivity contribution is 7.98.